The van der Waals surface area contributed by atoms with Gasteiger partial charge in [-0.05, 0) is 87.3 Å². The van der Waals surface area contributed by atoms with Crippen molar-refractivity contribution >= 4 is 9.84 Å². The number of aryl methyl sites for hydroxylation is 1. The van der Waals surface area contributed by atoms with Crippen molar-refractivity contribution in [2.24, 2.45) is 0 Å². The van der Waals surface area contributed by atoms with Crippen LogP contribution < -0.4 is 4.74 Å². The lowest BCUT2D eigenvalue weighted by molar-refractivity contribution is -0.0355. The van der Waals surface area contributed by atoms with Crippen molar-refractivity contribution in [2.45, 2.75) is 69.8 Å². The molecule has 1 N–H and O–H groups in total. The predicted octanol–water partition coefficient (Wildman–Crippen LogP) is 4.61. The summed E-state index contributed by atoms with van der Waals surface area (Å²) in [7, 11) is -3.19. The second kappa shape index (κ2) is 9.40. The molecular formula is C27H37NO4S. The van der Waals surface area contributed by atoms with Gasteiger partial charge < -0.3 is 9.84 Å². The molecule has 6 heteroatoms. The van der Waals surface area contributed by atoms with E-state index in [1.807, 2.05) is 24.3 Å². The number of hydrogen-bond acceptors (Lipinski definition) is 5. The van der Waals surface area contributed by atoms with E-state index in [-0.39, 0.29) is 35.7 Å². The first-order valence-electron chi connectivity index (χ1n) is 12.1. The Labute approximate surface area is 198 Å². The minimum Gasteiger partial charge on any atom is -0.487 e. The number of nitrogens with zero attached hydrogens (tertiary/aromatic N) is 1. The maximum Gasteiger partial charge on any atom is 0.154 e. The Kier molecular flexibility index (Phi) is 6.90. The maximum atomic E-state index is 12.1. The van der Waals surface area contributed by atoms with Crippen molar-refractivity contribution in [3.63, 3.8) is 0 Å². The molecule has 5 nitrogen and oxygen atoms in total. The van der Waals surface area contributed by atoms with E-state index in [1.165, 1.54) is 5.56 Å². The lowest BCUT2D eigenvalue weighted by Gasteiger charge is -2.48. The minimum atomic E-state index is -3.19. The van der Waals surface area contributed by atoms with Crippen molar-refractivity contribution in [1.29, 1.82) is 0 Å². The molecule has 2 aromatic rings. The van der Waals surface area contributed by atoms with Gasteiger partial charge in [0.1, 0.15) is 11.4 Å². The highest BCUT2D eigenvalue weighted by molar-refractivity contribution is 7.90. The Morgan fingerprint density at radius 1 is 1.00 bits per heavy atom. The topological polar surface area (TPSA) is 66.8 Å². The van der Waals surface area contributed by atoms with Crippen LogP contribution in [0.2, 0.25) is 0 Å². The fraction of sp³-hybridized carbons (Fsp3) is 0.556. The van der Waals surface area contributed by atoms with E-state index in [2.05, 4.69) is 43.9 Å². The van der Waals surface area contributed by atoms with E-state index < -0.39 is 9.84 Å². The van der Waals surface area contributed by atoms with Crippen molar-refractivity contribution in [1.82, 2.24) is 4.90 Å². The van der Waals surface area contributed by atoms with Crippen molar-refractivity contribution in [2.75, 3.05) is 25.4 Å². The van der Waals surface area contributed by atoms with E-state index in [0.717, 1.165) is 61.2 Å². The molecule has 0 saturated carbocycles. The van der Waals surface area contributed by atoms with Gasteiger partial charge in [-0.2, -0.15) is 0 Å². The molecule has 33 heavy (non-hydrogen) atoms. The molecule has 2 aromatic carbocycles. The van der Waals surface area contributed by atoms with Gasteiger partial charge in [-0.3, -0.25) is 4.90 Å². The first-order chi connectivity index (χ1) is 15.6. The van der Waals surface area contributed by atoms with Crippen LogP contribution in [0.4, 0.5) is 0 Å². The molecule has 4 rings (SSSR count). The molecule has 1 saturated heterocycles. The number of sulfone groups is 1. The summed E-state index contributed by atoms with van der Waals surface area (Å²) in [6, 6.07) is 14.2. The molecule has 2 aliphatic rings. The van der Waals surface area contributed by atoms with Gasteiger partial charge in [-0.1, -0.05) is 30.3 Å². The van der Waals surface area contributed by atoms with Gasteiger partial charge in [-0.25, -0.2) is 8.42 Å². The second-order valence-corrected chi connectivity index (χ2v) is 12.8. The van der Waals surface area contributed by atoms with Crippen LogP contribution in [0.25, 0.3) is 11.1 Å². The molecule has 0 atom stereocenters. The summed E-state index contributed by atoms with van der Waals surface area (Å²) < 4.78 is 30.9. The Hall–Kier alpha value is -1.89. The Morgan fingerprint density at radius 3 is 2.30 bits per heavy atom. The number of rotatable bonds is 6. The molecular weight excluding hydrogens is 434 g/mol. The van der Waals surface area contributed by atoms with Crippen molar-refractivity contribution < 1.29 is 18.3 Å². The molecule has 2 heterocycles. The summed E-state index contributed by atoms with van der Waals surface area (Å²) >= 11 is 0. The predicted molar refractivity (Wildman–Crippen MR) is 133 cm³/mol. The summed E-state index contributed by atoms with van der Waals surface area (Å²) in [5, 5.41) is 8.88. The zero-order chi connectivity index (χ0) is 23.7. The van der Waals surface area contributed by atoms with Gasteiger partial charge in [0, 0.05) is 25.2 Å². The summed E-state index contributed by atoms with van der Waals surface area (Å²) in [6.45, 7) is 8.92. The molecule has 0 amide bonds. The Morgan fingerprint density at radius 2 is 1.67 bits per heavy atom. The summed E-state index contributed by atoms with van der Waals surface area (Å²) in [5.74, 6) is 1.05. The maximum absolute atomic E-state index is 12.1. The van der Waals surface area contributed by atoms with E-state index >= 15 is 0 Å². The highest BCUT2D eigenvalue weighted by Crippen LogP contribution is 2.41. The van der Waals surface area contributed by atoms with Crippen LogP contribution in [-0.2, 0) is 22.0 Å². The lowest BCUT2D eigenvalue weighted by atomic mass is 9.81. The van der Waals surface area contributed by atoms with Crippen molar-refractivity contribution in [3.05, 3.63) is 53.6 Å². The lowest BCUT2D eigenvalue weighted by Crippen LogP contribution is -2.54. The molecule has 0 bridgehead atoms. The number of aliphatic hydroxyl groups excluding tert-OH is 1. The third-order valence-electron chi connectivity index (χ3n) is 7.15. The number of ether oxygens (including phenoxy) is 1. The Balaban J connectivity index is 1.43. The van der Waals surface area contributed by atoms with Crippen LogP contribution in [0, 0.1) is 0 Å². The third-order valence-corrected chi connectivity index (χ3v) is 8.83. The largest absolute Gasteiger partial charge is 0.487 e. The normalized spacial score (nSPS) is 18.7. The summed E-state index contributed by atoms with van der Waals surface area (Å²) in [6.07, 6.45) is 4.53. The zero-order valence-corrected chi connectivity index (χ0v) is 21.0. The molecule has 0 aromatic heterocycles. The average molecular weight is 472 g/mol. The number of benzene rings is 2. The first-order valence-corrected chi connectivity index (χ1v) is 13.9. The molecule has 180 valence electrons. The SMILES string of the molecule is CC(C)(C)N1CCC2(CCc3cc(-c4ccc(CS(=O)(=O)CCCO)cc4)ccc3O2)CC1. The van der Waals surface area contributed by atoms with Crippen LogP contribution in [0.5, 0.6) is 5.75 Å². The molecule has 0 aliphatic carbocycles. The molecule has 2 aliphatic heterocycles. The van der Waals surface area contributed by atoms with E-state index in [1.54, 1.807) is 0 Å². The van der Waals surface area contributed by atoms with Gasteiger partial charge >= 0.3 is 0 Å². The second-order valence-electron chi connectivity index (χ2n) is 10.6. The first kappa shape index (κ1) is 24.2. The van der Waals surface area contributed by atoms with Crippen LogP contribution in [0.1, 0.15) is 57.6 Å². The molecule has 0 unspecified atom stereocenters. The zero-order valence-electron chi connectivity index (χ0n) is 20.1. The fourth-order valence-electron chi connectivity index (χ4n) is 5.04. The monoisotopic (exact) mass is 471 g/mol. The van der Waals surface area contributed by atoms with Crippen LogP contribution in [0.3, 0.4) is 0 Å². The Bertz CT molecular complexity index is 1060. The number of piperidine rings is 1. The standard InChI is InChI=1S/C27H37NO4S/c1-26(2,3)28-15-13-27(14-16-28)12-11-24-19-23(9-10-25(24)32-27)22-7-5-21(6-8-22)20-33(30,31)18-4-17-29/h5-10,19,29H,4,11-18,20H2,1-3H3. The highest BCUT2D eigenvalue weighted by atomic mass is 32.2. The number of hydrogen-bond donors (Lipinski definition) is 1. The number of likely N-dealkylation sites (tertiary alicyclic amines) is 1. The summed E-state index contributed by atoms with van der Waals surface area (Å²) in [5.41, 5.74) is 4.42. The van der Waals surface area contributed by atoms with Crippen LogP contribution >= 0.6 is 0 Å². The van der Waals surface area contributed by atoms with E-state index in [0.29, 0.717) is 0 Å². The highest BCUT2D eigenvalue weighted by Gasteiger charge is 2.41. The van der Waals surface area contributed by atoms with Crippen LogP contribution in [0.15, 0.2) is 42.5 Å². The van der Waals surface area contributed by atoms with Gasteiger partial charge in [0.2, 0.25) is 0 Å². The average Bonchev–Trinajstić information content (AvgIpc) is 2.77. The summed E-state index contributed by atoms with van der Waals surface area (Å²) in [4.78, 5) is 2.56. The van der Waals surface area contributed by atoms with Gasteiger partial charge in [0.15, 0.2) is 9.84 Å². The minimum absolute atomic E-state index is 0.0139. The van der Waals surface area contributed by atoms with Crippen LogP contribution in [-0.4, -0.2) is 55.0 Å². The molecule has 1 spiro atoms. The van der Waals surface area contributed by atoms with E-state index in [9.17, 15) is 8.42 Å². The van der Waals surface area contributed by atoms with Gasteiger partial charge in [-0.15, -0.1) is 0 Å². The number of aliphatic hydroxyl groups is 1. The molecule has 1 fully saturated rings. The van der Waals surface area contributed by atoms with Gasteiger partial charge in [0.25, 0.3) is 0 Å². The quantitative estimate of drug-likeness (QED) is 0.667. The van der Waals surface area contributed by atoms with Gasteiger partial charge in [0.05, 0.1) is 11.5 Å². The smallest absolute Gasteiger partial charge is 0.154 e. The van der Waals surface area contributed by atoms with E-state index in [4.69, 9.17) is 9.84 Å². The number of fused-ring (bicyclic) bond motifs is 1. The molecule has 0 radical (unpaired) electrons. The third kappa shape index (κ3) is 5.79. The van der Waals surface area contributed by atoms with Crippen molar-refractivity contribution in [3.8, 4) is 16.9 Å². The fourth-order valence-corrected chi connectivity index (χ4v) is 6.46.